The molecule has 0 aromatic carbocycles. The Bertz CT molecular complexity index is 230. The Balaban J connectivity index is 1.67. The minimum Gasteiger partial charge on any atom is -0.374 e. The quantitative estimate of drug-likeness (QED) is 0.704. The molecule has 0 amide bonds. The summed E-state index contributed by atoms with van der Waals surface area (Å²) in [6, 6.07) is 0. The van der Waals surface area contributed by atoms with Gasteiger partial charge in [0.2, 0.25) is 0 Å². The fourth-order valence-corrected chi connectivity index (χ4v) is 4.50. The Morgan fingerprint density at radius 1 is 0.812 bits per heavy atom. The van der Waals surface area contributed by atoms with Crippen molar-refractivity contribution in [2.45, 2.75) is 65.1 Å². The first-order chi connectivity index (χ1) is 7.63. The first-order valence-corrected chi connectivity index (χ1v) is 7.29. The molecule has 0 N–H and O–H groups in total. The van der Waals surface area contributed by atoms with E-state index in [-0.39, 0.29) is 0 Å². The molecule has 92 valence electrons. The smallest absolute Gasteiger partial charge is 0.0635 e. The Labute approximate surface area is 99.9 Å². The van der Waals surface area contributed by atoms with Gasteiger partial charge in [0.1, 0.15) is 0 Å². The van der Waals surface area contributed by atoms with Gasteiger partial charge in [-0.2, -0.15) is 0 Å². The van der Waals surface area contributed by atoms with Gasteiger partial charge in [0.25, 0.3) is 0 Å². The second-order valence-electron chi connectivity index (χ2n) is 6.98. The highest BCUT2D eigenvalue weighted by atomic mass is 16.5. The van der Waals surface area contributed by atoms with Crippen LogP contribution < -0.4 is 0 Å². The van der Waals surface area contributed by atoms with Crippen molar-refractivity contribution < 1.29 is 4.74 Å². The fraction of sp³-hybridized carbons (Fsp3) is 1.00. The van der Waals surface area contributed by atoms with Crippen molar-refractivity contribution in [2.24, 2.45) is 29.6 Å². The van der Waals surface area contributed by atoms with Crippen LogP contribution in [0.5, 0.6) is 0 Å². The minimum absolute atomic E-state index is 0.447. The molecule has 16 heavy (non-hydrogen) atoms. The molecule has 4 bridgehead atoms. The lowest BCUT2D eigenvalue weighted by Crippen LogP contribution is -2.50. The summed E-state index contributed by atoms with van der Waals surface area (Å²) in [5.41, 5.74) is 0. The number of rotatable bonds is 3. The van der Waals surface area contributed by atoms with Gasteiger partial charge < -0.3 is 4.74 Å². The third kappa shape index (κ3) is 1.81. The van der Waals surface area contributed by atoms with E-state index in [1.165, 1.54) is 25.7 Å². The highest BCUT2D eigenvalue weighted by Gasteiger charge is 2.49. The van der Waals surface area contributed by atoms with Crippen LogP contribution in [-0.2, 0) is 4.74 Å². The normalized spacial score (nSPS) is 47.6. The molecule has 1 heteroatoms. The Morgan fingerprint density at radius 3 is 1.75 bits per heavy atom. The standard InChI is InChI=1S/C15H26O/c1-9(2)10(3)16-15-13-5-11-4-12(7-13)8-14(15)6-11/h9-15H,4-8H2,1-3H3/t10-,11?,12?,13?,14?,15?/m0/s1. The molecule has 1 atom stereocenters. The molecule has 0 unspecified atom stereocenters. The van der Waals surface area contributed by atoms with E-state index in [0.29, 0.717) is 18.1 Å². The van der Waals surface area contributed by atoms with E-state index in [9.17, 15) is 0 Å². The fourth-order valence-electron chi connectivity index (χ4n) is 4.50. The molecule has 4 saturated carbocycles. The van der Waals surface area contributed by atoms with E-state index >= 15 is 0 Å². The van der Waals surface area contributed by atoms with Gasteiger partial charge in [-0.3, -0.25) is 0 Å². The summed E-state index contributed by atoms with van der Waals surface area (Å²) in [7, 11) is 0. The van der Waals surface area contributed by atoms with E-state index in [4.69, 9.17) is 4.74 Å². The Kier molecular flexibility index (Phi) is 2.78. The number of hydrogen-bond donors (Lipinski definition) is 0. The lowest BCUT2D eigenvalue weighted by molar-refractivity contribution is -0.155. The predicted octanol–water partition coefficient (Wildman–Crippen LogP) is 3.87. The molecule has 0 aromatic heterocycles. The SMILES string of the molecule is CC(C)[C@H](C)OC1C2CC3CC(C2)CC1C3. The maximum Gasteiger partial charge on any atom is 0.0635 e. The average molecular weight is 222 g/mol. The lowest BCUT2D eigenvalue weighted by atomic mass is 9.55. The van der Waals surface area contributed by atoms with E-state index in [1.54, 1.807) is 6.42 Å². The molecule has 0 radical (unpaired) electrons. The topological polar surface area (TPSA) is 9.23 Å². The third-order valence-corrected chi connectivity index (χ3v) is 5.45. The molecule has 4 fully saturated rings. The Morgan fingerprint density at radius 2 is 1.31 bits per heavy atom. The summed E-state index contributed by atoms with van der Waals surface area (Å²) in [4.78, 5) is 0. The minimum atomic E-state index is 0.447. The number of hydrogen-bond acceptors (Lipinski definition) is 1. The van der Waals surface area contributed by atoms with Gasteiger partial charge in [0.15, 0.2) is 0 Å². The van der Waals surface area contributed by atoms with E-state index < -0.39 is 0 Å². The molecule has 0 saturated heterocycles. The van der Waals surface area contributed by atoms with Crippen LogP contribution in [0.25, 0.3) is 0 Å². The first kappa shape index (κ1) is 11.1. The van der Waals surface area contributed by atoms with Crippen LogP contribution in [0, 0.1) is 29.6 Å². The van der Waals surface area contributed by atoms with Crippen molar-refractivity contribution in [3.05, 3.63) is 0 Å². The third-order valence-electron chi connectivity index (χ3n) is 5.45. The molecule has 0 spiro atoms. The van der Waals surface area contributed by atoms with Crippen LogP contribution in [0.2, 0.25) is 0 Å². The van der Waals surface area contributed by atoms with Crippen LogP contribution >= 0.6 is 0 Å². The predicted molar refractivity (Wildman–Crippen MR) is 66.2 cm³/mol. The molecular weight excluding hydrogens is 196 g/mol. The molecule has 4 aliphatic rings. The summed E-state index contributed by atoms with van der Waals surface area (Å²) in [6.45, 7) is 6.82. The summed E-state index contributed by atoms with van der Waals surface area (Å²) in [5, 5.41) is 0. The van der Waals surface area contributed by atoms with Crippen LogP contribution in [0.1, 0.15) is 52.9 Å². The van der Waals surface area contributed by atoms with Crippen LogP contribution in [0.15, 0.2) is 0 Å². The van der Waals surface area contributed by atoms with Crippen molar-refractivity contribution in [2.75, 3.05) is 0 Å². The van der Waals surface area contributed by atoms with Crippen LogP contribution in [-0.4, -0.2) is 12.2 Å². The van der Waals surface area contributed by atoms with Gasteiger partial charge >= 0.3 is 0 Å². The zero-order valence-electron chi connectivity index (χ0n) is 11.0. The summed E-state index contributed by atoms with van der Waals surface area (Å²) in [5.74, 6) is 4.63. The zero-order valence-corrected chi connectivity index (χ0v) is 11.0. The zero-order chi connectivity index (χ0) is 11.3. The molecule has 1 nitrogen and oxygen atoms in total. The van der Waals surface area contributed by atoms with Crippen LogP contribution in [0.4, 0.5) is 0 Å². The van der Waals surface area contributed by atoms with Crippen molar-refractivity contribution in [1.29, 1.82) is 0 Å². The van der Waals surface area contributed by atoms with Crippen molar-refractivity contribution in [3.63, 3.8) is 0 Å². The van der Waals surface area contributed by atoms with Crippen molar-refractivity contribution in [1.82, 2.24) is 0 Å². The summed E-state index contributed by atoms with van der Waals surface area (Å²) < 4.78 is 6.39. The highest BCUT2D eigenvalue weighted by Crippen LogP contribution is 2.54. The van der Waals surface area contributed by atoms with Gasteiger partial charge in [-0.15, -0.1) is 0 Å². The summed E-state index contributed by atoms with van der Waals surface area (Å²) in [6.07, 6.45) is 8.50. The molecule has 4 rings (SSSR count). The van der Waals surface area contributed by atoms with E-state index in [2.05, 4.69) is 20.8 Å². The van der Waals surface area contributed by atoms with Crippen molar-refractivity contribution >= 4 is 0 Å². The van der Waals surface area contributed by atoms with Gasteiger partial charge in [-0.1, -0.05) is 13.8 Å². The first-order valence-electron chi connectivity index (χ1n) is 7.29. The number of ether oxygens (including phenoxy) is 1. The maximum absolute atomic E-state index is 6.39. The van der Waals surface area contributed by atoms with Crippen LogP contribution in [0.3, 0.4) is 0 Å². The van der Waals surface area contributed by atoms with Gasteiger partial charge in [0.05, 0.1) is 12.2 Å². The monoisotopic (exact) mass is 222 g/mol. The van der Waals surface area contributed by atoms with Gasteiger partial charge in [-0.25, -0.2) is 0 Å². The molecule has 0 heterocycles. The highest BCUT2D eigenvalue weighted by molar-refractivity contribution is 4.99. The summed E-state index contributed by atoms with van der Waals surface area (Å²) >= 11 is 0. The van der Waals surface area contributed by atoms with Gasteiger partial charge in [-0.05, 0) is 68.6 Å². The molecular formula is C15H26O. The molecule has 0 aromatic rings. The van der Waals surface area contributed by atoms with E-state index in [0.717, 1.165) is 23.7 Å². The molecule has 4 aliphatic carbocycles. The average Bonchev–Trinajstić information content (AvgIpc) is 2.21. The Hall–Kier alpha value is -0.0400. The second kappa shape index (κ2) is 4.01. The largest absolute Gasteiger partial charge is 0.374 e. The van der Waals surface area contributed by atoms with E-state index in [1.807, 2.05) is 0 Å². The van der Waals surface area contributed by atoms with Crippen molar-refractivity contribution in [3.8, 4) is 0 Å². The molecule has 0 aliphatic heterocycles. The maximum atomic E-state index is 6.39. The lowest BCUT2D eigenvalue weighted by Gasteiger charge is -2.54. The second-order valence-corrected chi connectivity index (χ2v) is 6.98. The van der Waals surface area contributed by atoms with Gasteiger partial charge in [0, 0.05) is 0 Å².